The maximum Gasteiger partial charge on any atom is 0.386 e. The van der Waals surface area contributed by atoms with Crippen molar-refractivity contribution in [3.05, 3.63) is 29.3 Å². The van der Waals surface area contributed by atoms with E-state index in [1.807, 2.05) is 0 Å². The van der Waals surface area contributed by atoms with Gasteiger partial charge in [-0.3, -0.25) is 27.9 Å². The van der Waals surface area contributed by atoms with E-state index in [0.29, 0.717) is 11.2 Å². The first-order valence-electron chi connectivity index (χ1n) is 13.8. The molecule has 1 saturated carbocycles. The van der Waals surface area contributed by atoms with Crippen LogP contribution in [0.25, 0.3) is 22.3 Å². The van der Waals surface area contributed by atoms with E-state index < -0.39 is 80.9 Å². The molecule has 46 heavy (non-hydrogen) atoms. The number of rotatable bonds is 3. The Morgan fingerprint density at radius 3 is 2.43 bits per heavy atom. The van der Waals surface area contributed by atoms with Crippen molar-refractivity contribution in [2.45, 2.75) is 43.1 Å². The monoisotopic (exact) mass is 718 g/mol. The van der Waals surface area contributed by atoms with Crippen LogP contribution in [0.3, 0.4) is 0 Å². The second kappa shape index (κ2) is 11.8. The van der Waals surface area contributed by atoms with Crippen LogP contribution in [0.15, 0.2) is 23.8 Å². The van der Waals surface area contributed by atoms with Gasteiger partial charge in [-0.05, 0) is 6.42 Å². The Bertz CT molecular complexity index is 1960. The van der Waals surface area contributed by atoms with Gasteiger partial charge in [-0.15, -0.1) is 0 Å². The Morgan fingerprint density at radius 1 is 0.978 bits per heavy atom. The number of nitrogens with zero attached hydrogens (tertiary/aromatic N) is 7. The molecule has 4 aromatic heterocycles. The number of nitrogens with one attached hydrogen (secondary N) is 1. The number of nitrogen functional groups attached to an aromatic ring is 2. The minimum Gasteiger partial charge on any atom is -0.396 e. The molecule has 0 amide bonds. The van der Waals surface area contributed by atoms with Crippen LogP contribution in [-0.4, -0.2) is 93.5 Å². The first-order valence-corrected chi connectivity index (χ1v) is 19.2. The number of ether oxygens (including phenoxy) is 1. The molecule has 0 radical (unpaired) electrons. The summed E-state index contributed by atoms with van der Waals surface area (Å²) in [4.78, 5) is 35.4. The SMILES string of the molecule is Nc1nc2c(ncn2[C@@H]2O[C@@H]3CO[P@](=O)(S)O[C@@H]4[C@@H](CO[P@](=O)(S)O[C@@H]2[C@@H]3CO)C[C@@H](n2cnc3c(N)ncnc32)[C@@H]4O)c(=O)[nH]1. The molecule has 3 fully saturated rings. The highest BCUT2D eigenvalue weighted by atomic mass is 32.7. The van der Waals surface area contributed by atoms with E-state index in [1.165, 1.54) is 23.5 Å². The molecule has 2 bridgehead atoms. The van der Waals surface area contributed by atoms with Gasteiger partial charge in [0.2, 0.25) is 5.95 Å². The number of hydrogen-bond donors (Lipinski definition) is 7. The number of aliphatic hydroxyl groups excluding tert-OH is 2. The van der Waals surface area contributed by atoms with Gasteiger partial charge in [-0.1, -0.05) is 24.5 Å². The molecule has 24 heteroatoms. The molecule has 7 rings (SSSR count). The lowest BCUT2D eigenvalue weighted by Gasteiger charge is -2.28. The molecule has 248 valence electrons. The predicted molar refractivity (Wildman–Crippen MR) is 165 cm³/mol. The van der Waals surface area contributed by atoms with Crippen LogP contribution in [0.2, 0.25) is 0 Å². The molecule has 1 aliphatic carbocycles. The van der Waals surface area contributed by atoms with E-state index in [0.717, 1.165) is 0 Å². The topological polar surface area (TPSA) is 280 Å². The predicted octanol–water partition coefficient (Wildman–Crippen LogP) is 0.445. The largest absolute Gasteiger partial charge is 0.396 e. The zero-order valence-corrected chi connectivity index (χ0v) is 27.0. The van der Waals surface area contributed by atoms with Crippen LogP contribution in [-0.2, 0) is 32.0 Å². The molecule has 3 aliphatic rings. The summed E-state index contributed by atoms with van der Waals surface area (Å²) in [5.74, 6) is -1.73. The van der Waals surface area contributed by atoms with Crippen LogP contribution >= 0.6 is 38.1 Å². The van der Waals surface area contributed by atoms with Crippen LogP contribution < -0.4 is 17.0 Å². The van der Waals surface area contributed by atoms with Crippen LogP contribution in [0.4, 0.5) is 11.8 Å². The molecule has 6 heterocycles. The second-order valence-corrected chi connectivity index (χ2v) is 16.7. The minimum atomic E-state index is -4.26. The zero-order chi connectivity index (χ0) is 32.5. The molecule has 20 nitrogen and oxygen atoms in total. The molecular formula is C22H28N10O10P2S2. The Labute approximate surface area is 268 Å². The van der Waals surface area contributed by atoms with Gasteiger partial charge in [0.15, 0.2) is 28.9 Å². The van der Waals surface area contributed by atoms with Crippen LogP contribution in [0, 0.1) is 11.8 Å². The highest BCUT2D eigenvalue weighted by Gasteiger charge is 2.52. The van der Waals surface area contributed by atoms with Gasteiger partial charge in [-0.25, -0.2) is 29.1 Å². The number of aliphatic hydroxyl groups is 2. The van der Waals surface area contributed by atoms with E-state index in [9.17, 15) is 24.1 Å². The lowest BCUT2D eigenvalue weighted by Crippen LogP contribution is -2.33. The fraction of sp³-hybridized carbons (Fsp3) is 0.545. The highest BCUT2D eigenvalue weighted by molar-refractivity contribution is 8.44. The van der Waals surface area contributed by atoms with Gasteiger partial charge in [-0.2, -0.15) is 4.98 Å². The van der Waals surface area contributed by atoms with Crippen LogP contribution in [0.5, 0.6) is 0 Å². The normalized spacial score (nSPS) is 37.1. The van der Waals surface area contributed by atoms with Crippen molar-refractivity contribution in [3.63, 3.8) is 0 Å². The summed E-state index contributed by atoms with van der Waals surface area (Å²) in [7, 11) is 0. The van der Waals surface area contributed by atoms with Crippen molar-refractivity contribution >= 4 is 72.2 Å². The number of aromatic amines is 1. The lowest BCUT2D eigenvalue weighted by atomic mass is 9.99. The molecule has 0 aromatic carbocycles. The van der Waals surface area contributed by atoms with Gasteiger partial charge < -0.3 is 35.5 Å². The summed E-state index contributed by atoms with van der Waals surface area (Å²) in [6.45, 7) is -9.84. The molecule has 0 unspecified atom stereocenters. The van der Waals surface area contributed by atoms with Gasteiger partial charge >= 0.3 is 13.6 Å². The number of H-pyrrole nitrogens is 1. The fourth-order valence-electron chi connectivity index (χ4n) is 6.16. The molecule has 7 N–H and O–H groups in total. The first kappa shape index (κ1) is 32.0. The number of nitrogens with two attached hydrogens (primary N) is 2. The number of aromatic nitrogens is 8. The second-order valence-electron chi connectivity index (χ2n) is 11.0. The summed E-state index contributed by atoms with van der Waals surface area (Å²) in [5, 5.41) is 21.8. The Hall–Kier alpha value is -2.62. The number of anilines is 2. The molecule has 0 spiro atoms. The van der Waals surface area contributed by atoms with E-state index in [2.05, 4.69) is 54.4 Å². The number of thiol groups is 2. The Balaban J connectivity index is 1.22. The van der Waals surface area contributed by atoms with Crippen molar-refractivity contribution in [1.82, 2.24) is 39.0 Å². The average Bonchev–Trinajstić information content (AvgIpc) is 3.75. The molecule has 4 aromatic rings. The molecule has 2 saturated heterocycles. The number of fused-ring (bicyclic) bond motifs is 5. The molecular weight excluding hydrogens is 690 g/mol. The van der Waals surface area contributed by atoms with E-state index in [-0.39, 0.29) is 36.0 Å². The van der Waals surface area contributed by atoms with Gasteiger partial charge in [0.05, 0.1) is 44.6 Å². The Morgan fingerprint density at radius 2 is 1.67 bits per heavy atom. The summed E-state index contributed by atoms with van der Waals surface area (Å²) >= 11 is 8.35. The molecule has 10 atom stereocenters. The van der Waals surface area contributed by atoms with Gasteiger partial charge in [0, 0.05) is 11.8 Å². The molecule has 2 aliphatic heterocycles. The number of hydrogen-bond acceptors (Lipinski definition) is 17. The van der Waals surface area contributed by atoms with Crippen LogP contribution in [0.1, 0.15) is 18.7 Å². The standard InChI is InChI=1S/C22H28N10O10P2S2/c23-17-12-18(26-5-25-17)31(6-27-12)10-1-8-3-38-43(36,45)42-16-9(2-33)11(4-39-44(37,46)41-15(8)14(10)34)40-21(16)32-7-28-13-19(32)29-22(24)30-20(13)35/h5-11,14-16,21,33-34H,1-4H2,(H,36,45)(H,37,46)(H2,23,25,26)(H3,24,29,30,35)/t8-,9-,10-,11-,14+,15-,16-,21-,43+,44+/m1/s1. The Kier molecular flexibility index (Phi) is 8.21. The van der Waals surface area contributed by atoms with Crippen molar-refractivity contribution in [3.8, 4) is 0 Å². The van der Waals surface area contributed by atoms with E-state index in [1.54, 1.807) is 4.57 Å². The van der Waals surface area contributed by atoms with Gasteiger partial charge in [0.1, 0.15) is 30.2 Å². The maximum atomic E-state index is 13.7. The third kappa shape index (κ3) is 5.64. The fourth-order valence-corrected chi connectivity index (χ4v) is 9.22. The summed E-state index contributed by atoms with van der Waals surface area (Å²) in [5.41, 5.74) is 11.7. The van der Waals surface area contributed by atoms with Crippen molar-refractivity contribution in [1.29, 1.82) is 0 Å². The third-order valence-corrected chi connectivity index (χ3v) is 11.5. The van der Waals surface area contributed by atoms with E-state index >= 15 is 0 Å². The quantitative estimate of drug-likeness (QED) is 0.112. The van der Waals surface area contributed by atoms with Crippen molar-refractivity contribution in [2.75, 3.05) is 31.3 Å². The van der Waals surface area contributed by atoms with Crippen molar-refractivity contribution in [2.24, 2.45) is 11.8 Å². The third-order valence-electron chi connectivity index (χ3n) is 8.28. The average molecular weight is 719 g/mol. The smallest absolute Gasteiger partial charge is 0.386 e. The summed E-state index contributed by atoms with van der Waals surface area (Å²) in [6.07, 6.45) is -1.89. The number of imidazole rings is 2. The zero-order valence-electron chi connectivity index (χ0n) is 23.4. The summed E-state index contributed by atoms with van der Waals surface area (Å²) in [6, 6.07) is -0.723. The highest BCUT2D eigenvalue weighted by Crippen LogP contribution is 2.61. The minimum absolute atomic E-state index is 0.0187. The maximum absolute atomic E-state index is 13.7. The van der Waals surface area contributed by atoms with E-state index in [4.69, 9.17) is 34.3 Å². The van der Waals surface area contributed by atoms with Crippen molar-refractivity contribution < 1.29 is 42.2 Å². The summed E-state index contributed by atoms with van der Waals surface area (Å²) < 4.78 is 59.4. The first-order chi connectivity index (χ1) is 21.9. The lowest BCUT2D eigenvalue weighted by molar-refractivity contribution is -0.0501. The van der Waals surface area contributed by atoms with Gasteiger partial charge in [0.25, 0.3) is 5.56 Å².